The summed E-state index contributed by atoms with van der Waals surface area (Å²) >= 11 is 0. The Hall–Kier alpha value is -1.50. The van der Waals surface area contributed by atoms with E-state index in [1.54, 1.807) is 0 Å². The molecule has 1 aromatic heterocycles. The van der Waals surface area contributed by atoms with Crippen molar-refractivity contribution in [1.29, 1.82) is 0 Å². The van der Waals surface area contributed by atoms with Crippen LogP contribution in [0.2, 0.25) is 0 Å². The van der Waals surface area contributed by atoms with Gasteiger partial charge in [0.1, 0.15) is 6.04 Å². The molecule has 0 aromatic carbocycles. The fourth-order valence-electron chi connectivity index (χ4n) is 4.00. The molecule has 7 nitrogen and oxygen atoms in total. The summed E-state index contributed by atoms with van der Waals surface area (Å²) in [5.74, 6) is 0.989. The zero-order valence-corrected chi connectivity index (χ0v) is 11.4. The van der Waals surface area contributed by atoms with Gasteiger partial charge in [0.05, 0.1) is 12.6 Å². The van der Waals surface area contributed by atoms with Crippen LogP contribution in [0.5, 0.6) is 0 Å². The second-order valence-electron chi connectivity index (χ2n) is 6.34. The number of hydrogen-bond donors (Lipinski definition) is 1. The van der Waals surface area contributed by atoms with Crippen LogP contribution in [0.25, 0.3) is 0 Å². The van der Waals surface area contributed by atoms with Gasteiger partial charge in [-0.1, -0.05) is 6.42 Å². The average molecular weight is 277 g/mol. The van der Waals surface area contributed by atoms with Gasteiger partial charge in [0.25, 0.3) is 0 Å². The molecule has 1 saturated heterocycles. The molecule has 108 valence electrons. The molecule has 1 N–H and O–H groups in total. The van der Waals surface area contributed by atoms with E-state index >= 15 is 0 Å². The van der Waals surface area contributed by atoms with Crippen LogP contribution in [0.4, 0.5) is 0 Å². The number of carbonyl (C=O) groups is 1. The molecule has 0 amide bonds. The second kappa shape index (κ2) is 4.51. The van der Waals surface area contributed by atoms with Gasteiger partial charge in [-0.15, -0.1) is 5.10 Å². The molecule has 3 fully saturated rings. The molecular formula is C13H19N5O2. The third kappa shape index (κ3) is 1.91. The topological polar surface area (TPSA) is 84.1 Å². The maximum atomic E-state index is 11.6. The minimum Gasteiger partial charge on any atom is -0.480 e. The van der Waals surface area contributed by atoms with Gasteiger partial charge in [0.15, 0.2) is 5.82 Å². The summed E-state index contributed by atoms with van der Waals surface area (Å²) < 4.78 is 1.88. The summed E-state index contributed by atoms with van der Waals surface area (Å²) in [7, 11) is 0. The van der Waals surface area contributed by atoms with Crippen molar-refractivity contribution < 1.29 is 9.90 Å². The second-order valence-corrected chi connectivity index (χ2v) is 6.34. The first-order valence-electron chi connectivity index (χ1n) is 7.47. The molecule has 2 saturated carbocycles. The zero-order valence-electron chi connectivity index (χ0n) is 11.4. The van der Waals surface area contributed by atoms with Crippen molar-refractivity contribution in [3.8, 4) is 0 Å². The molecule has 1 aromatic rings. The molecule has 1 aliphatic heterocycles. The van der Waals surface area contributed by atoms with Crippen LogP contribution < -0.4 is 0 Å². The molecule has 2 heterocycles. The Morgan fingerprint density at radius 3 is 2.90 bits per heavy atom. The van der Waals surface area contributed by atoms with Crippen LogP contribution >= 0.6 is 0 Å². The number of carboxylic acids is 1. The quantitative estimate of drug-likeness (QED) is 0.872. The fourth-order valence-corrected chi connectivity index (χ4v) is 4.00. The Morgan fingerprint density at radius 2 is 2.15 bits per heavy atom. The molecule has 4 rings (SSSR count). The first kappa shape index (κ1) is 12.3. The molecule has 0 spiro atoms. The Morgan fingerprint density at radius 1 is 1.30 bits per heavy atom. The number of nitrogens with zero attached hydrogens (tertiary/aromatic N) is 5. The lowest BCUT2D eigenvalue weighted by atomic mass is 9.94. The van der Waals surface area contributed by atoms with Gasteiger partial charge < -0.3 is 5.11 Å². The third-order valence-corrected chi connectivity index (χ3v) is 5.04. The van der Waals surface area contributed by atoms with Gasteiger partial charge in [-0.05, 0) is 47.9 Å². The van der Waals surface area contributed by atoms with E-state index in [-0.39, 0.29) is 6.04 Å². The van der Waals surface area contributed by atoms with Gasteiger partial charge in [-0.3, -0.25) is 9.69 Å². The maximum Gasteiger partial charge on any atom is 0.321 e. The summed E-state index contributed by atoms with van der Waals surface area (Å²) in [5, 5.41) is 21.4. The molecule has 3 aliphatic rings. The van der Waals surface area contributed by atoms with E-state index in [1.807, 2.05) is 4.68 Å². The maximum absolute atomic E-state index is 11.6. The van der Waals surface area contributed by atoms with Crippen molar-refractivity contribution in [2.24, 2.45) is 11.8 Å². The van der Waals surface area contributed by atoms with E-state index < -0.39 is 5.97 Å². The standard InChI is InChI=1S/C13H19N5O2/c19-13(20)12-10-3-1-2-8(10)6-17(12)7-11-14-15-16-18(11)9-4-5-9/h8-10,12H,1-7H2,(H,19,20). The first-order valence-corrected chi connectivity index (χ1v) is 7.47. The van der Waals surface area contributed by atoms with Gasteiger partial charge >= 0.3 is 5.97 Å². The van der Waals surface area contributed by atoms with E-state index in [0.29, 0.717) is 24.4 Å². The third-order valence-electron chi connectivity index (χ3n) is 5.04. The van der Waals surface area contributed by atoms with Gasteiger partial charge in [-0.25, -0.2) is 4.68 Å². The van der Waals surface area contributed by atoms with Gasteiger partial charge in [-0.2, -0.15) is 0 Å². The van der Waals surface area contributed by atoms with Crippen LogP contribution in [-0.2, 0) is 11.3 Å². The van der Waals surface area contributed by atoms with Crippen LogP contribution in [0.15, 0.2) is 0 Å². The predicted molar refractivity (Wildman–Crippen MR) is 68.8 cm³/mol. The number of fused-ring (bicyclic) bond motifs is 1. The van der Waals surface area contributed by atoms with E-state index in [1.165, 1.54) is 12.8 Å². The number of likely N-dealkylation sites (tertiary alicyclic amines) is 1. The highest BCUT2D eigenvalue weighted by Gasteiger charge is 2.48. The molecule has 0 radical (unpaired) electrons. The SMILES string of the molecule is O=C(O)C1C2CCCC2CN1Cc1nnnn1C1CC1. The van der Waals surface area contributed by atoms with Crippen molar-refractivity contribution in [1.82, 2.24) is 25.1 Å². The minimum atomic E-state index is -0.690. The lowest BCUT2D eigenvalue weighted by molar-refractivity contribution is -0.143. The minimum absolute atomic E-state index is 0.317. The molecule has 20 heavy (non-hydrogen) atoms. The highest BCUT2D eigenvalue weighted by molar-refractivity contribution is 5.74. The molecule has 7 heteroatoms. The van der Waals surface area contributed by atoms with Crippen molar-refractivity contribution in [2.45, 2.75) is 50.7 Å². The first-order chi connectivity index (χ1) is 9.74. The Bertz CT molecular complexity index is 527. The summed E-state index contributed by atoms with van der Waals surface area (Å²) in [6.07, 6.45) is 5.65. The molecule has 3 atom stereocenters. The lowest BCUT2D eigenvalue weighted by Crippen LogP contribution is -2.39. The average Bonchev–Trinajstić information content (AvgIpc) is 2.83. The van der Waals surface area contributed by atoms with Crippen LogP contribution in [0, 0.1) is 11.8 Å². The van der Waals surface area contributed by atoms with E-state index in [4.69, 9.17) is 0 Å². The Labute approximate surface area is 116 Å². The van der Waals surface area contributed by atoms with Crippen molar-refractivity contribution in [3.63, 3.8) is 0 Å². The monoisotopic (exact) mass is 277 g/mol. The van der Waals surface area contributed by atoms with E-state index in [9.17, 15) is 9.90 Å². The number of rotatable bonds is 4. The number of aromatic nitrogens is 4. The number of carboxylic acid groups (broad SMARTS) is 1. The highest BCUT2D eigenvalue weighted by atomic mass is 16.4. The van der Waals surface area contributed by atoms with Crippen LogP contribution in [0.1, 0.15) is 44.0 Å². The summed E-state index contributed by atoms with van der Waals surface area (Å²) in [5.41, 5.74) is 0. The van der Waals surface area contributed by atoms with Crippen LogP contribution in [-0.4, -0.2) is 48.8 Å². The smallest absolute Gasteiger partial charge is 0.321 e. The Kier molecular flexibility index (Phi) is 2.76. The van der Waals surface area contributed by atoms with E-state index in [2.05, 4.69) is 20.4 Å². The van der Waals surface area contributed by atoms with Crippen molar-refractivity contribution >= 4 is 5.97 Å². The fraction of sp³-hybridized carbons (Fsp3) is 0.846. The van der Waals surface area contributed by atoms with Crippen molar-refractivity contribution in [3.05, 3.63) is 5.82 Å². The van der Waals surface area contributed by atoms with E-state index in [0.717, 1.165) is 31.6 Å². The largest absolute Gasteiger partial charge is 0.480 e. The lowest BCUT2D eigenvalue weighted by Gasteiger charge is -2.23. The summed E-state index contributed by atoms with van der Waals surface area (Å²) in [4.78, 5) is 13.7. The predicted octanol–water partition coefficient (Wildman–Crippen LogP) is 0.693. The van der Waals surface area contributed by atoms with Gasteiger partial charge in [0, 0.05) is 6.54 Å². The van der Waals surface area contributed by atoms with Gasteiger partial charge in [0.2, 0.25) is 0 Å². The van der Waals surface area contributed by atoms with Crippen LogP contribution in [0.3, 0.4) is 0 Å². The number of aliphatic carboxylic acids is 1. The summed E-state index contributed by atoms with van der Waals surface area (Å²) in [6.45, 7) is 1.44. The number of tetrazole rings is 1. The molecule has 2 aliphatic carbocycles. The Balaban J connectivity index is 1.55. The zero-order chi connectivity index (χ0) is 13.7. The normalized spacial score (nSPS) is 33.5. The molecule has 0 bridgehead atoms. The molecule has 3 unspecified atom stereocenters. The number of hydrogen-bond acceptors (Lipinski definition) is 5. The summed E-state index contributed by atoms with van der Waals surface area (Å²) in [6, 6.07) is 0.0808. The molecular weight excluding hydrogens is 258 g/mol. The highest BCUT2D eigenvalue weighted by Crippen LogP contribution is 2.43. The van der Waals surface area contributed by atoms with Crippen molar-refractivity contribution in [2.75, 3.05) is 6.54 Å².